The molecule has 1 atom stereocenters. The number of unbranched alkanes of at least 4 members (excludes halogenated alkanes) is 1. The van der Waals surface area contributed by atoms with Gasteiger partial charge in [-0.25, -0.2) is 9.59 Å². The predicted molar refractivity (Wildman–Crippen MR) is 150 cm³/mol. The van der Waals surface area contributed by atoms with Gasteiger partial charge in [0.05, 0.1) is 0 Å². The number of anilines is 1. The van der Waals surface area contributed by atoms with Crippen LogP contribution in [0.3, 0.4) is 0 Å². The molecule has 3 aromatic carbocycles. The Balaban J connectivity index is 1.45. The molecule has 3 N–H and O–H groups in total. The van der Waals surface area contributed by atoms with Crippen LogP contribution in [-0.2, 0) is 27.5 Å². The summed E-state index contributed by atoms with van der Waals surface area (Å²) in [7, 11) is 0. The SMILES string of the molecule is O=C(NCCCC[C@H](NC(=O)OCc1ccccc1)C(=O)Nc1ccc(I)cc1)OCc1ccccc1. The number of benzene rings is 3. The van der Waals surface area contributed by atoms with Gasteiger partial charge in [0.1, 0.15) is 19.3 Å². The average molecular weight is 615 g/mol. The zero-order valence-electron chi connectivity index (χ0n) is 20.3. The van der Waals surface area contributed by atoms with Gasteiger partial charge in [-0.3, -0.25) is 4.79 Å². The van der Waals surface area contributed by atoms with Crippen molar-refractivity contribution >= 4 is 46.4 Å². The van der Waals surface area contributed by atoms with Gasteiger partial charge in [-0.2, -0.15) is 0 Å². The van der Waals surface area contributed by atoms with Crippen LogP contribution >= 0.6 is 22.6 Å². The Labute approximate surface area is 230 Å². The molecule has 0 unspecified atom stereocenters. The van der Waals surface area contributed by atoms with Gasteiger partial charge < -0.3 is 25.4 Å². The minimum absolute atomic E-state index is 0.104. The number of amides is 3. The highest BCUT2D eigenvalue weighted by Crippen LogP contribution is 2.13. The minimum Gasteiger partial charge on any atom is -0.445 e. The molecule has 3 rings (SSSR count). The Hall–Kier alpha value is -3.60. The number of carbonyl (C=O) groups excluding carboxylic acids is 3. The lowest BCUT2D eigenvalue weighted by Crippen LogP contribution is -2.44. The number of halogens is 1. The normalized spacial score (nSPS) is 11.2. The molecule has 37 heavy (non-hydrogen) atoms. The van der Waals surface area contributed by atoms with E-state index in [2.05, 4.69) is 38.5 Å². The van der Waals surface area contributed by atoms with E-state index < -0.39 is 18.2 Å². The molecule has 194 valence electrons. The largest absolute Gasteiger partial charge is 0.445 e. The smallest absolute Gasteiger partial charge is 0.408 e. The number of ether oxygens (including phenoxy) is 2. The highest BCUT2D eigenvalue weighted by Gasteiger charge is 2.21. The molecule has 0 aliphatic carbocycles. The molecule has 0 spiro atoms. The summed E-state index contributed by atoms with van der Waals surface area (Å²) in [5.74, 6) is -0.340. The van der Waals surface area contributed by atoms with Gasteiger partial charge in [-0.05, 0) is 77.2 Å². The fourth-order valence-corrected chi connectivity index (χ4v) is 3.74. The van der Waals surface area contributed by atoms with E-state index in [0.717, 1.165) is 14.7 Å². The van der Waals surface area contributed by atoms with Gasteiger partial charge in [-0.1, -0.05) is 60.7 Å². The number of hydrogen-bond acceptors (Lipinski definition) is 5. The molecule has 0 aliphatic rings. The second-order valence-electron chi connectivity index (χ2n) is 8.24. The number of rotatable bonds is 12. The molecule has 0 saturated heterocycles. The average Bonchev–Trinajstić information content (AvgIpc) is 2.92. The van der Waals surface area contributed by atoms with Crippen molar-refractivity contribution < 1.29 is 23.9 Å². The summed E-state index contributed by atoms with van der Waals surface area (Å²) in [6, 6.07) is 25.3. The Kier molecular flexibility index (Phi) is 11.7. The van der Waals surface area contributed by atoms with Crippen molar-refractivity contribution in [1.82, 2.24) is 10.6 Å². The van der Waals surface area contributed by atoms with E-state index in [0.29, 0.717) is 31.5 Å². The Morgan fingerprint density at radius 2 is 1.30 bits per heavy atom. The molecule has 0 radical (unpaired) electrons. The summed E-state index contributed by atoms with van der Waals surface area (Å²) >= 11 is 2.19. The third-order valence-electron chi connectivity index (χ3n) is 5.33. The van der Waals surface area contributed by atoms with Crippen LogP contribution in [0.2, 0.25) is 0 Å². The second-order valence-corrected chi connectivity index (χ2v) is 9.48. The van der Waals surface area contributed by atoms with E-state index in [1.807, 2.05) is 72.8 Å². The van der Waals surface area contributed by atoms with E-state index in [1.54, 1.807) is 12.1 Å². The second kappa shape index (κ2) is 15.5. The monoisotopic (exact) mass is 615 g/mol. The van der Waals surface area contributed by atoms with Crippen LogP contribution in [0.25, 0.3) is 0 Å². The maximum Gasteiger partial charge on any atom is 0.408 e. The molecule has 3 amide bonds. The number of carbonyl (C=O) groups is 3. The Morgan fingerprint density at radius 1 is 0.730 bits per heavy atom. The molecule has 0 aromatic heterocycles. The summed E-state index contributed by atoms with van der Waals surface area (Å²) in [5.41, 5.74) is 2.39. The first-order chi connectivity index (χ1) is 18.0. The van der Waals surface area contributed by atoms with Gasteiger partial charge in [0.25, 0.3) is 0 Å². The highest BCUT2D eigenvalue weighted by atomic mass is 127. The molecular formula is C28H30IN3O5. The lowest BCUT2D eigenvalue weighted by atomic mass is 10.1. The number of alkyl carbamates (subject to hydrolysis) is 2. The van der Waals surface area contributed by atoms with E-state index in [1.165, 1.54) is 0 Å². The Bertz CT molecular complexity index is 1130. The van der Waals surface area contributed by atoms with Crippen LogP contribution in [-0.4, -0.2) is 30.7 Å². The van der Waals surface area contributed by atoms with Gasteiger partial charge in [-0.15, -0.1) is 0 Å². The van der Waals surface area contributed by atoms with Crippen LogP contribution in [0, 0.1) is 3.57 Å². The molecule has 9 heteroatoms. The first-order valence-electron chi connectivity index (χ1n) is 12.0. The van der Waals surface area contributed by atoms with Crippen molar-refractivity contribution in [3.8, 4) is 0 Å². The number of nitrogens with one attached hydrogen (secondary N) is 3. The first kappa shape index (κ1) is 28.0. The summed E-state index contributed by atoms with van der Waals surface area (Å²) < 4.78 is 11.5. The van der Waals surface area contributed by atoms with Crippen LogP contribution in [0.4, 0.5) is 15.3 Å². The molecule has 8 nitrogen and oxygen atoms in total. The van der Waals surface area contributed by atoms with Gasteiger partial charge in [0.15, 0.2) is 0 Å². The van der Waals surface area contributed by atoms with E-state index in [4.69, 9.17) is 9.47 Å². The molecule has 3 aromatic rings. The zero-order chi connectivity index (χ0) is 26.3. The lowest BCUT2D eigenvalue weighted by molar-refractivity contribution is -0.118. The topological polar surface area (TPSA) is 106 Å². The van der Waals surface area contributed by atoms with E-state index in [-0.39, 0.29) is 19.1 Å². The van der Waals surface area contributed by atoms with Crippen molar-refractivity contribution in [2.24, 2.45) is 0 Å². The van der Waals surface area contributed by atoms with Crippen LogP contribution in [0.1, 0.15) is 30.4 Å². The van der Waals surface area contributed by atoms with Crippen LogP contribution in [0.15, 0.2) is 84.9 Å². The predicted octanol–water partition coefficient (Wildman–Crippen LogP) is 5.62. The first-order valence-corrected chi connectivity index (χ1v) is 13.1. The summed E-state index contributed by atoms with van der Waals surface area (Å²) in [5, 5.41) is 8.21. The molecule has 0 heterocycles. The minimum atomic E-state index is -0.799. The van der Waals surface area contributed by atoms with Gasteiger partial charge in [0.2, 0.25) is 5.91 Å². The van der Waals surface area contributed by atoms with E-state index >= 15 is 0 Å². The van der Waals surface area contributed by atoms with Crippen molar-refractivity contribution in [1.29, 1.82) is 0 Å². The van der Waals surface area contributed by atoms with Crippen molar-refractivity contribution in [2.45, 2.75) is 38.5 Å². The molecule has 0 fully saturated rings. The van der Waals surface area contributed by atoms with Crippen LogP contribution < -0.4 is 16.0 Å². The van der Waals surface area contributed by atoms with Crippen LogP contribution in [0.5, 0.6) is 0 Å². The maximum atomic E-state index is 12.9. The highest BCUT2D eigenvalue weighted by molar-refractivity contribution is 14.1. The third-order valence-corrected chi connectivity index (χ3v) is 6.05. The molecular weight excluding hydrogens is 585 g/mol. The molecule has 0 bridgehead atoms. The quantitative estimate of drug-likeness (QED) is 0.181. The van der Waals surface area contributed by atoms with Gasteiger partial charge >= 0.3 is 12.2 Å². The maximum absolute atomic E-state index is 12.9. The molecule has 0 aliphatic heterocycles. The standard InChI is InChI=1S/C28H30IN3O5/c29-23-14-16-24(17-15-23)31-26(33)25(32-28(35)37-20-22-11-5-2-6-12-22)13-7-8-18-30-27(34)36-19-21-9-3-1-4-10-21/h1-6,9-12,14-17,25H,7-8,13,18-20H2,(H,30,34)(H,31,33)(H,32,35)/t25-/m0/s1. The summed E-state index contributed by atoms with van der Waals surface area (Å²) in [4.78, 5) is 37.2. The number of hydrogen-bond donors (Lipinski definition) is 3. The summed E-state index contributed by atoms with van der Waals surface area (Å²) in [6.07, 6.45) is 0.392. The fourth-order valence-electron chi connectivity index (χ4n) is 3.38. The zero-order valence-corrected chi connectivity index (χ0v) is 22.5. The summed E-state index contributed by atoms with van der Waals surface area (Å²) in [6.45, 7) is 0.688. The van der Waals surface area contributed by atoms with E-state index in [9.17, 15) is 14.4 Å². The Morgan fingerprint density at radius 3 is 1.89 bits per heavy atom. The van der Waals surface area contributed by atoms with Crippen molar-refractivity contribution in [3.63, 3.8) is 0 Å². The lowest BCUT2D eigenvalue weighted by Gasteiger charge is -2.18. The molecule has 0 saturated carbocycles. The third kappa shape index (κ3) is 10.9. The van der Waals surface area contributed by atoms with Gasteiger partial charge in [0, 0.05) is 15.8 Å². The van der Waals surface area contributed by atoms with Crippen molar-refractivity contribution in [3.05, 3.63) is 99.6 Å². The van der Waals surface area contributed by atoms with Crippen molar-refractivity contribution in [2.75, 3.05) is 11.9 Å². The fraction of sp³-hybridized carbons (Fsp3) is 0.250.